The Morgan fingerprint density at radius 1 is 1.00 bits per heavy atom. The summed E-state index contributed by atoms with van der Waals surface area (Å²) in [5, 5.41) is 6.90. The van der Waals surface area contributed by atoms with Gasteiger partial charge in [-0.1, -0.05) is 48.5 Å². The van der Waals surface area contributed by atoms with Gasteiger partial charge in [0.2, 0.25) is 0 Å². The molecule has 96 valence electrons. The average Bonchev–Trinajstić information content (AvgIpc) is 2.47. The van der Waals surface area contributed by atoms with Gasteiger partial charge in [-0.3, -0.25) is 4.79 Å². The number of para-hydroxylation sites is 1. The molecule has 2 N–H and O–H groups in total. The molecule has 0 aliphatic rings. The second-order valence-electron chi connectivity index (χ2n) is 3.92. The molecule has 0 aliphatic heterocycles. The molecular weight excluding hydrogens is 238 g/mol. The number of nitrogens with zero attached hydrogens (tertiary/aromatic N) is 1. The van der Waals surface area contributed by atoms with Gasteiger partial charge >= 0.3 is 0 Å². The molecule has 2 aromatic rings. The van der Waals surface area contributed by atoms with E-state index in [4.69, 9.17) is 0 Å². The van der Waals surface area contributed by atoms with Crippen LogP contribution in [0.2, 0.25) is 0 Å². The quantitative estimate of drug-likeness (QED) is 0.634. The summed E-state index contributed by atoms with van der Waals surface area (Å²) in [6.07, 6.45) is 1.61. The van der Waals surface area contributed by atoms with Crippen molar-refractivity contribution in [2.75, 3.05) is 11.9 Å². The molecule has 0 fully saturated rings. The lowest BCUT2D eigenvalue weighted by molar-refractivity contribution is -0.119. The van der Waals surface area contributed by atoms with E-state index in [1.807, 2.05) is 60.7 Å². The fraction of sp³-hybridized carbons (Fsp3) is 0.0667. The first-order chi connectivity index (χ1) is 9.34. The van der Waals surface area contributed by atoms with Crippen LogP contribution in [-0.2, 0) is 4.79 Å². The smallest absolute Gasteiger partial charge is 0.259 e. The minimum atomic E-state index is -0.184. The van der Waals surface area contributed by atoms with Crippen molar-refractivity contribution in [2.24, 2.45) is 5.10 Å². The molecule has 0 spiro atoms. The number of hydrogen-bond donors (Lipinski definition) is 2. The van der Waals surface area contributed by atoms with Crippen LogP contribution in [-0.4, -0.2) is 18.7 Å². The van der Waals surface area contributed by atoms with Gasteiger partial charge < -0.3 is 5.32 Å². The molecule has 0 unspecified atom stereocenters. The Balaban J connectivity index is 1.75. The van der Waals surface area contributed by atoms with Gasteiger partial charge in [0.05, 0.1) is 12.8 Å². The summed E-state index contributed by atoms with van der Waals surface area (Å²) >= 11 is 0. The highest BCUT2D eigenvalue weighted by atomic mass is 16.2. The molecule has 0 atom stereocenters. The van der Waals surface area contributed by atoms with Crippen LogP contribution in [0.15, 0.2) is 65.8 Å². The van der Waals surface area contributed by atoms with Gasteiger partial charge in [-0.25, -0.2) is 5.43 Å². The van der Waals surface area contributed by atoms with Crippen molar-refractivity contribution >= 4 is 17.8 Å². The Bertz CT molecular complexity index is 538. The molecule has 19 heavy (non-hydrogen) atoms. The number of carbonyl (C=O) groups excluding carboxylic acids is 1. The molecule has 0 saturated heterocycles. The predicted molar refractivity (Wildman–Crippen MR) is 77.1 cm³/mol. The van der Waals surface area contributed by atoms with Crippen LogP contribution in [0.5, 0.6) is 0 Å². The van der Waals surface area contributed by atoms with E-state index >= 15 is 0 Å². The van der Waals surface area contributed by atoms with Crippen LogP contribution in [0, 0.1) is 0 Å². The van der Waals surface area contributed by atoms with Crippen LogP contribution < -0.4 is 10.7 Å². The van der Waals surface area contributed by atoms with Gasteiger partial charge in [0, 0.05) is 5.69 Å². The predicted octanol–water partition coefficient (Wildman–Crippen LogP) is 2.25. The number of carbonyl (C=O) groups is 1. The molecule has 2 aromatic carbocycles. The van der Waals surface area contributed by atoms with Gasteiger partial charge in [0.15, 0.2) is 0 Å². The largest absolute Gasteiger partial charge is 0.376 e. The summed E-state index contributed by atoms with van der Waals surface area (Å²) < 4.78 is 0. The highest BCUT2D eigenvalue weighted by Crippen LogP contribution is 2.03. The second kappa shape index (κ2) is 6.96. The van der Waals surface area contributed by atoms with E-state index < -0.39 is 0 Å². The lowest BCUT2D eigenvalue weighted by atomic mass is 10.2. The van der Waals surface area contributed by atoms with Crippen molar-refractivity contribution in [2.45, 2.75) is 0 Å². The average molecular weight is 253 g/mol. The maximum Gasteiger partial charge on any atom is 0.259 e. The Morgan fingerprint density at radius 2 is 1.63 bits per heavy atom. The normalized spacial score (nSPS) is 10.3. The Morgan fingerprint density at radius 3 is 2.32 bits per heavy atom. The molecule has 0 aliphatic carbocycles. The molecule has 4 nitrogen and oxygen atoms in total. The van der Waals surface area contributed by atoms with Gasteiger partial charge in [-0.15, -0.1) is 0 Å². The van der Waals surface area contributed by atoms with Gasteiger partial charge in [-0.05, 0) is 17.7 Å². The fourth-order valence-electron chi connectivity index (χ4n) is 1.50. The van der Waals surface area contributed by atoms with E-state index in [0.717, 1.165) is 11.3 Å². The zero-order valence-electron chi connectivity index (χ0n) is 10.4. The van der Waals surface area contributed by atoms with Crippen molar-refractivity contribution < 1.29 is 4.79 Å². The number of hydrogen-bond acceptors (Lipinski definition) is 3. The molecule has 1 amide bonds. The minimum absolute atomic E-state index is 0.184. The third-order valence-corrected chi connectivity index (χ3v) is 2.43. The van der Waals surface area contributed by atoms with Crippen molar-refractivity contribution in [3.63, 3.8) is 0 Å². The molecule has 0 aromatic heterocycles. The summed E-state index contributed by atoms with van der Waals surface area (Å²) in [7, 11) is 0. The number of benzene rings is 2. The number of rotatable bonds is 5. The summed E-state index contributed by atoms with van der Waals surface area (Å²) in [6.45, 7) is 0.191. The molecule has 0 radical (unpaired) electrons. The van der Waals surface area contributed by atoms with Crippen LogP contribution in [0.3, 0.4) is 0 Å². The summed E-state index contributed by atoms with van der Waals surface area (Å²) in [5.41, 5.74) is 4.32. The number of anilines is 1. The first-order valence-electron chi connectivity index (χ1n) is 6.00. The van der Waals surface area contributed by atoms with E-state index in [0.29, 0.717) is 0 Å². The molecular formula is C15H15N3O. The summed E-state index contributed by atoms with van der Waals surface area (Å²) in [6, 6.07) is 19.1. The lowest BCUT2D eigenvalue weighted by Gasteiger charge is -2.04. The monoisotopic (exact) mass is 253 g/mol. The standard InChI is InChI=1S/C15H15N3O/c19-15(12-16-14-9-5-2-6-10-14)18-17-11-13-7-3-1-4-8-13/h1-11,16H,12H2,(H,18,19)/b17-11+. The van der Waals surface area contributed by atoms with Crippen LogP contribution in [0.1, 0.15) is 5.56 Å². The highest BCUT2D eigenvalue weighted by Gasteiger charge is 1.98. The van der Waals surface area contributed by atoms with Crippen LogP contribution >= 0.6 is 0 Å². The Kier molecular flexibility index (Phi) is 4.70. The summed E-state index contributed by atoms with van der Waals surface area (Å²) in [5.74, 6) is -0.184. The van der Waals surface area contributed by atoms with Gasteiger partial charge in [0.25, 0.3) is 5.91 Å². The molecule has 0 heterocycles. The molecule has 0 saturated carbocycles. The zero-order valence-corrected chi connectivity index (χ0v) is 10.4. The fourth-order valence-corrected chi connectivity index (χ4v) is 1.50. The highest BCUT2D eigenvalue weighted by molar-refractivity contribution is 5.84. The number of hydrazone groups is 1. The minimum Gasteiger partial charge on any atom is -0.376 e. The van der Waals surface area contributed by atoms with Crippen molar-refractivity contribution in [3.05, 3.63) is 66.2 Å². The van der Waals surface area contributed by atoms with Gasteiger partial charge in [0.1, 0.15) is 0 Å². The number of nitrogens with one attached hydrogen (secondary N) is 2. The van der Waals surface area contributed by atoms with E-state index in [9.17, 15) is 4.79 Å². The van der Waals surface area contributed by atoms with E-state index in [1.54, 1.807) is 6.21 Å². The third-order valence-electron chi connectivity index (χ3n) is 2.43. The lowest BCUT2D eigenvalue weighted by Crippen LogP contribution is -2.25. The SMILES string of the molecule is O=C(CNc1ccccc1)N/N=C/c1ccccc1. The van der Waals surface area contributed by atoms with E-state index in [2.05, 4.69) is 15.8 Å². The molecule has 4 heteroatoms. The van der Waals surface area contributed by atoms with E-state index in [1.165, 1.54) is 0 Å². The first-order valence-corrected chi connectivity index (χ1v) is 6.00. The second-order valence-corrected chi connectivity index (χ2v) is 3.92. The Hall–Kier alpha value is -2.62. The third kappa shape index (κ3) is 4.63. The van der Waals surface area contributed by atoms with Crippen LogP contribution in [0.4, 0.5) is 5.69 Å². The first kappa shape index (κ1) is 12.8. The molecule has 0 bridgehead atoms. The van der Waals surface area contributed by atoms with Crippen molar-refractivity contribution in [1.29, 1.82) is 0 Å². The van der Waals surface area contributed by atoms with Crippen molar-refractivity contribution in [3.8, 4) is 0 Å². The topological polar surface area (TPSA) is 53.5 Å². The van der Waals surface area contributed by atoms with Gasteiger partial charge in [-0.2, -0.15) is 5.10 Å². The summed E-state index contributed by atoms with van der Waals surface area (Å²) in [4.78, 5) is 11.5. The number of amides is 1. The molecule has 2 rings (SSSR count). The zero-order chi connectivity index (χ0) is 13.3. The van der Waals surface area contributed by atoms with Crippen LogP contribution in [0.25, 0.3) is 0 Å². The van der Waals surface area contributed by atoms with Crippen molar-refractivity contribution in [1.82, 2.24) is 5.43 Å². The maximum atomic E-state index is 11.5. The van der Waals surface area contributed by atoms with E-state index in [-0.39, 0.29) is 12.5 Å². The maximum absolute atomic E-state index is 11.5. The Labute approximate surface area is 112 Å².